The standard InChI is InChI=1S/C14H19NO3/c1-4-9-7-10(5-6-12(9)18-3)11-8-14(11,15-2)13(16)17/h5-7,11,15H,4,8H2,1-3H3,(H,16,17). The van der Waals surface area contributed by atoms with E-state index in [4.69, 9.17) is 4.74 Å². The van der Waals surface area contributed by atoms with Gasteiger partial charge in [0, 0.05) is 5.92 Å². The minimum atomic E-state index is -0.778. The molecule has 0 saturated heterocycles. The van der Waals surface area contributed by atoms with E-state index in [1.54, 1.807) is 14.2 Å². The third-order valence-electron chi connectivity index (χ3n) is 3.88. The largest absolute Gasteiger partial charge is 0.496 e. The summed E-state index contributed by atoms with van der Waals surface area (Å²) in [4.78, 5) is 11.3. The van der Waals surface area contributed by atoms with E-state index in [1.807, 2.05) is 12.1 Å². The smallest absolute Gasteiger partial charge is 0.324 e. The number of hydrogen-bond acceptors (Lipinski definition) is 3. The second-order valence-corrected chi connectivity index (χ2v) is 4.71. The summed E-state index contributed by atoms with van der Waals surface area (Å²) in [6.07, 6.45) is 1.53. The quantitative estimate of drug-likeness (QED) is 0.835. The number of ether oxygens (including phenoxy) is 1. The third-order valence-corrected chi connectivity index (χ3v) is 3.88. The highest BCUT2D eigenvalue weighted by molar-refractivity contribution is 5.85. The predicted octanol–water partition coefficient (Wildman–Crippen LogP) is 1.79. The predicted molar refractivity (Wildman–Crippen MR) is 69.2 cm³/mol. The van der Waals surface area contributed by atoms with Gasteiger partial charge in [-0.3, -0.25) is 4.79 Å². The molecule has 2 N–H and O–H groups in total. The minimum Gasteiger partial charge on any atom is -0.496 e. The summed E-state index contributed by atoms with van der Waals surface area (Å²) in [5.74, 6) is 0.146. The van der Waals surface area contributed by atoms with Crippen LogP contribution in [0, 0.1) is 0 Å². The third kappa shape index (κ3) is 1.86. The van der Waals surface area contributed by atoms with E-state index in [1.165, 1.54) is 0 Å². The Balaban J connectivity index is 2.29. The van der Waals surface area contributed by atoms with E-state index >= 15 is 0 Å². The van der Waals surface area contributed by atoms with Gasteiger partial charge in [-0.25, -0.2) is 0 Å². The lowest BCUT2D eigenvalue weighted by Crippen LogP contribution is -2.38. The number of nitrogens with one attached hydrogen (secondary N) is 1. The van der Waals surface area contributed by atoms with Gasteiger partial charge in [0.1, 0.15) is 11.3 Å². The molecule has 0 amide bonds. The highest BCUT2D eigenvalue weighted by atomic mass is 16.5. The van der Waals surface area contributed by atoms with Crippen LogP contribution in [0.5, 0.6) is 5.75 Å². The Hall–Kier alpha value is -1.55. The average molecular weight is 249 g/mol. The average Bonchev–Trinajstić information content (AvgIpc) is 3.14. The molecule has 1 aliphatic rings. The summed E-state index contributed by atoms with van der Waals surface area (Å²) < 4.78 is 5.29. The zero-order chi connectivity index (χ0) is 13.3. The maximum Gasteiger partial charge on any atom is 0.324 e. The molecule has 4 nitrogen and oxygen atoms in total. The highest BCUT2D eigenvalue weighted by Crippen LogP contribution is 2.51. The summed E-state index contributed by atoms with van der Waals surface area (Å²) in [7, 11) is 3.36. The molecule has 1 aromatic carbocycles. The molecule has 0 aliphatic heterocycles. The number of carbonyl (C=O) groups is 1. The molecule has 0 bridgehead atoms. The first kappa shape index (κ1) is 12.9. The summed E-state index contributed by atoms with van der Waals surface area (Å²) in [5, 5.41) is 12.2. The van der Waals surface area contributed by atoms with Crippen molar-refractivity contribution in [2.45, 2.75) is 31.2 Å². The second-order valence-electron chi connectivity index (χ2n) is 4.71. The second kappa shape index (κ2) is 4.61. The molecule has 0 radical (unpaired) electrons. The fraction of sp³-hybridized carbons (Fsp3) is 0.500. The number of rotatable bonds is 5. The van der Waals surface area contributed by atoms with Gasteiger partial charge in [0.05, 0.1) is 7.11 Å². The van der Waals surface area contributed by atoms with Gasteiger partial charge in [0.2, 0.25) is 0 Å². The van der Waals surface area contributed by atoms with Crippen molar-refractivity contribution in [3.05, 3.63) is 29.3 Å². The Bertz CT molecular complexity index is 472. The van der Waals surface area contributed by atoms with E-state index in [9.17, 15) is 9.90 Å². The fourth-order valence-electron chi connectivity index (χ4n) is 2.58. The van der Waals surface area contributed by atoms with Gasteiger partial charge in [-0.2, -0.15) is 0 Å². The van der Waals surface area contributed by atoms with Crippen LogP contribution in [0.3, 0.4) is 0 Å². The number of hydrogen-bond donors (Lipinski definition) is 2. The SMILES string of the molecule is CCc1cc(C2CC2(NC)C(=O)O)ccc1OC. The highest BCUT2D eigenvalue weighted by Gasteiger charge is 2.60. The van der Waals surface area contributed by atoms with E-state index in [2.05, 4.69) is 18.3 Å². The fourth-order valence-corrected chi connectivity index (χ4v) is 2.58. The van der Waals surface area contributed by atoms with Crippen molar-refractivity contribution in [3.8, 4) is 5.75 Å². The van der Waals surface area contributed by atoms with Crippen LogP contribution in [0.4, 0.5) is 0 Å². The maximum atomic E-state index is 11.3. The molecule has 1 fully saturated rings. The molecule has 0 aromatic heterocycles. The molecule has 18 heavy (non-hydrogen) atoms. The van der Waals surface area contributed by atoms with Crippen LogP contribution in [0.1, 0.15) is 30.4 Å². The number of carboxylic acid groups (broad SMARTS) is 1. The lowest BCUT2D eigenvalue weighted by atomic mass is 10.0. The number of carboxylic acids is 1. The van der Waals surface area contributed by atoms with Crippen LogP contribution < -0.4 is 10.1 Å². The minimum absolute atomic E-state index is 0.0520. The molecule has 0 spiro atoms. The Morgan fingerprint density at radius 3 is 2.78 bits per heavy atom. The van der Waals surface area contributed by atoms with Crippen LogP contribution in [0.25, 0.3) is 0 Å². The summed E-state index contributed by atoms with van der Waals surface area (Å²) in [6.45, 7) is 2.07. The van der Waals surface area contributed by atoms with Crippen molar-refractivity contribution >= 4 is 5.97 Å². The lowest BCUT2D eigenvalue weighted by molar-refractivity contribution is -0.140. The van der Waals surface area contributed by atoms with Crippen LogP contribution in [-0.4, -0.2) is 30.8 Å². The molecular formula is C14H19NO3. The van der Waals surface area contributed by atoms with Crippen molar-refractivity contribution in [2.24, 2.45) is 0 Å². The summed E-state index contributed by atoms with van der Waals surface area (Å²) >= 11 is 0. The molecule has 0 heterocycles. The van der Waals surface area contributed by atoms with Crippen LogP contribution in [-0.2, 0) is 11.2 Å². The topological polar surface area (TPSA) is 58.6 Å². The lowest BCUT2D eigenvalue weighted by Gasteiger charge is -2.13. The molecule has 1 saturated carbocycles. The van der Waals surface area contributed by atoms with Gasteiger partial charge in [-0.05, 0) is 37.1 Å². The number of benzene rings is 1. The molecule has 2 unspecified atom stereocenters. The van der Waals surface area contributed by atoms with E-state index in [0.717, 1.165) is 23.3 Å². The first-order chi connectivity index (χ1) is 8.58. The van der Waals surface area contributed by atoms with Gasteiger partial charge in [0.15, 0.2) is 0 Å². The van der Waals surface area contributed by atoms with Gasteiger partial charge >= 0.3 is 5.97 Å². The van der Waals surface area contributed by atoms with Crippen molar-refractivity contribution in [2.75, 3.05) is 14.2 Å². The first-order valence-corrected chi connectivity index (χ1v) is 6.18. The van der Waals surface area contributed by atoms with E-state index < -0.39 is 11.5 Å². The Kier molecular flexibility index (Phi) is 3.30. The summed E-state index contributed by atoms with van der Waals surface area (Å²) in [6, 6.07) is 5.95. The maximum absolute atomic E-state index is 11.3. The van der Waals surface area contributed by atoms with Gasteiger partial charge in [-0.15, -0.1) is 0 Å². The molecule has 1 aliphatic carbocycles. The van der Waals surface area contributed by atoms with Crippen molar-refractivity contribution in [3.63, 3.8) is 0 Å². The van der Waals surface area contributed by atoms with Gasteiger partial charge < -0.3 is 15.2 Å². The molecule has 2 rings (SSSR count). The monoisotopic (exact) mass is 249 g/mol. The first-order valence-electron chi connectivity index (χ1n) is 6.18. The molecule has 98 valence electrons. The zero-order valence-electron chi connectivity index (χ0n) is 11.0. The normalized spacial score (nSPS) is 25.8. The number of likely N-dealkylation sites (N-methyl/N-ethyl adjacent to an activating group) is 1. The summed E-state index contributed by atoms with van der Waals surface area (Å²) in [5.41, 5.74) is 1.42. The van der Waals surface area contributed by atoms with Crippen molar-refractivity contribution < 1.29 is 14.6 Å². The van der Waals surface area contributed by atoms with Crippen molar-refractivity contribution in [1.29, 1.82) is 0 Å². The van der Waals surface area contributed by atoms with Crippen LogP contribution in [0.15, 0.2) is 18.2 Å². The zero-order valence-corrected chi connectivity index (χ0v) is 11.0. The molecule has 2 atom stereocenters. The molecule has 4 heteroatoms. The molecule has 1 aromatic rings. The Morgan fingerprint density at radius 1 is 1.61 bits per heavy atom. The van der Waals surface area contributed by atoms with Crippen molar-refractivity contribution in [1.82, 2.24) is 5.32 Å². The molecular weight excluding hydrogens is 230 g/mol. The Morgan fingerprint density at radius 2 is 2.33 bits per heavy atom. The van der Waals surface area contributed by atoms with Gasteiger partial charge in [-0.1, -0.05) is 19.1 Å². The van der Waals surface area contributed by atoms with E-state index in [0.29, 0.717) is 6.42 Å². The Labute approximate surface area is 107 Å². The van der Waals surface area contributed by atoms with E-state index in [-0.39, 0.29) is 5.92 Å². The van der Waals surface area contributed by atoms with Crippen LogP contribution >= 0.6 is 0 Å². The number of aliphatic carboxylic acids is 1. The number of methoxy groups -OCH3 is 1. The van der Waals surface area contributed by atoms with Crippen LogP contribution in [0.2, 0.25) is 0 Å². The number of aryl methyl sites for hydroxylation is 1. The van der Waals surface area contributed by atoms with Gasteiger partial charge in [0.25, 0.3) is 0 Å².